The Labute approximate surface area is 217 Å². The first-order chi connectivity index (χ1) is 14.0. The molecule has 7 heteroatoms. The SMILES string of the molecule is BrCCCCCBr.BrCCCCCOc1ccc(Br)cc1.Oc1ccc(Br)cc1. The topological polar surface area (TPSA) is 29.5 Å². The van der Waals surface area contributed by atoms with Gasteiger partial charge >= 0.3 is 0 Å². The molecular weight excluding hydrogens is 696 g/mol. The molecule has 0 spiro atoms. The lowest BCUT2D eigenvalue weighted by molar-refractivity contribution is 0.306. The summed E-state index contributed by atoms with van der Waals surface area (Å²) in [6.45, 7) is 0.814. The number of unbranched alkanes of at least 4 members (excludes halogenated alkanes) is 4. The molecule has 29 heavy (non-hydrogen) atoms. The van der Waals surface area contributed by atoms with E-state index in [1.807, 2.05) is 24.3 Å². The molecule has 164 valence electrons. The maximum absolute atomic E-state index is 8.74. The van der Waals surface area contributed by atoms with Crippen molar-refractivity contribution in [3.8, 4) is 11.5 Å². The summed E-state index contributed by atoms with van der Waals surface area (Å²) in [6, 6.07) is 14.8. The van der Waals surface area contributed by atoms with Crippen molar-refractivity contribution >= 4 is 79.6 Å². The van der Waals surface area contributed by atoms with Crippen LogP contribution in [0.15, 0.2) is 57.5 Å². The summed E-state index contributed by atoms with van der Waals surface area (Å²) in [5.41, 5.74) is 0. The van der Waals surface area contributed by atoms with Crippen LogP contribution in [-0.2, 0) is 0 Å². The average molecular weight is 725 g/mol. The van der Waals surface area contributed by atoms with E-state index in [2.05, 4.69) is 79.6 Å². The summed E-state index contributed by atoms with van der Waals surface area (Å²) in [5.74, 6) is 1.25. The van der Waals surface area contributed by atoms with Gasteiger partial charge < -0.3 is 9.84 Å². The Hall–Kier alpha value is 0.440. The second-order valence-corrected chi connectivity index (χ2v) is 10.2. The molecule has 0 heterocycles. The highest BCUT2D eigenvalue weighted by atomic mass is 79.9. The van der Waals surface area contributed by atoms with Crippen LogP contribution in [0, 0.1) is 0 Å². The molecule has 0 radical (unpaired) electrons. The first kappa shape index (κ1) is 29.4. The molecule has 0 fully saturated rings. The van der Waals surface area contributed by atoms with Crippen LogP contribution in [0.25, 0.3) is 0 Å². The third kappa shape index (κ3) is 20.1. The van der Waals surface area contributed by atoms with E-state index in [4.69, 9.17) is 9.84 Å². The predicted octanol–water partition coefficient (Wildman–Crippen LogP) is 9.49. The molecule has 2 rings (SSSR count). The Morgan fingerprint density at radius 1 is 0.586 bits per heavy atom. The monoisotopic (exact) mass is 720 g/mol. The van der Waals surface area contributed by atoms with Crippen molar-refractivity contribution in [2.75, 3.05) is 22.6 Å². The predicted molar refractivity (Wildman–Crippen MR) is 145 cm³/mol. The van der Waals surface area contributed by atoms with E-state index in [1.165, 1.54) is 32.1 Å². The molecule has 0 aliphatic carbocycles. The number of phenols is 1. The zero-order valence-electron chi connectivity index (χ0n) is 16.4. The lowest BCUT2D eigenvalue weighted by atomic mass is 10.3. The molecule has 0 atom stereocenters. The average Bonchev–Trinajstić information content (AvgIpc) is 2.73. The van der Waals surface area contributed by atoms with Crippen molar-refractivity contribution in [2.24, 2.45) is 0 Å². The van der Waals surface area contributed by atoms with Gasteiger partial charge in [0.25, 0.3) is 0 Å². The standard InChI is InChI=1S/C11H14Br2O.C6H5BrO.C5H10Br2/c12-8-2-1-3-9-14-11-6-4-10(13)5-7-11;7-5-1-3-6(8)4-2-5;6-4-2-1-3-5-7/h4-7H,1-3,8-9H2;1-4,8H;1-5H2. The fraction of sp³-hybridized carbons (Fsp3) is 0.455. The van der Waals surface area contributed by atoms with Gasteiger partial charge in [0.1, 0.15) is 11.5 Å². The van der Waals surface area contributed by atoms with Crippen molar-refractivity contribution in [1.29, 1.82) is 0 Å². The van der Waals surface area contributed by atoms with Crippen molar-refractivity contribution in [2.45, 2.75) is 38.5 Å². The van der Waals surface area contributed by atoms with Gasteiger partial charge in [-0.05, 0) is 80.6 Å². The molecule has 0 bridgehead atoms. The van der Waals surface area contributed by atoms with Crippen molar-refractivity contribution < 1.29 is 9.84 Å². The van der Waals surface area contributed by atoms with E-state index in [0.29, 0.717) is 5.75 Å². The summed E-state index contributed by atoms with van der Waals surface area (Å²) < 4.78 is 7.64. The first-order valence-corrected chi connectivity index (χ1v) is 14.5. The fourth-order valence-corrected chi connectivity index (χ4v) is 3.62. The Bertz CT molecular complexity index is 566. The number of ether oxygens (including phenoxy) is 1. The van der Waals surface area contributed by atoms with Crippen LogP contribution < -0.4 is 4.74 Å². The normalized spacial score (nSPS) is 9.69. The number of hydrogen-bond donors (Lipinski definition) is 1. The number of hydrogen-bond acceptors (Lipinski definition) is 2. The minimum Gasteiger partial charge on any atom is -0.508 e. The lowest BCUT2D eigenvalue weighted by Crippen LogP contribution is -1.96. The van der Waals surface area contributed by atoms with Crippen LogP contribution in [0.1, 0.15) is 38.5 Å². The number of phenolic OH excluding ortho intramolecular Hbond substituents is 1. The maximum atomic E-state index is 8.74. The largest absolute Gasteiger partial charge is 0.508 e. The highest BCUT2D eigenvalue weighted by Gasteiger charge is 1.93. The molecular formula is C22H29Br5O2. The lowest BCUT2D eigenvalue weighted by Gasteiger charge is -2.05. The number of halogens is 5. The highest BCUT2D eigenvalue weighted by Crippen LogP contribution is 2.16. The van der Waals surface area contributed by atoms with E-state index in [-0.39, 0.29) is 0 Å². The summed E-state index contributed by atoms with van der Waals surface area (Å²) in [4.78, 5) is 0. The van der Waals surface area contributed by atoms with Crippen LogP contribution in [0.2, 0.25) is 0 Å². The van der Waals surface area contributed by atoms with Crippen LogP contribution >= 0.6 is 79.6 Å². The molecule has 0 saturated heterocycles. The van der Waals surface area contributed by atoms with Crippen molar-refractivity contribution in [3.63, 3.8) is 0 Å². The van der Waals surface area contributed by atoms with Gasteiger partial charge in [0.15, 0.2) is 0 Å². The second-order valence-electron chi connectivity index (χ2n) is 5.97. The van der Waals surface area contributed by atoms with E-state index in [0.717, 1.165) is 43.7 Å². The Morgan fingerprint density at radius 3 is 1.41 bits per heavy atom. The van der Waals surface area contributed by atoms with Gasteiger partial charge in [0.05, 0.1) is 6.61 Å². The van der Waals surface area contributed by atoms with Gasteiger partial charge in [-0.15, -0.1) is 0 Å². The Balaban J connectivity index is 0.000000444. The zero-order valence-corrected chi connectivity index (χ0v) is 24.4. The van der Waals surface area contributed by atoms with Gasteiger partial charge in [-0.3, -0.25) is 0 Å². The Kier molecular flexibility index (Phi) is 22.0. The highest BCUT2D eigenvalue weighted by molar-refractivity contribution is 9.11. The molecule has 0 aromatic heterocycles. The zero-order chi connectivity index (χ0) is 21.7. The van der Waals surface area contributed by atoms with Crippen molar-refractivity contribution in [1.82, 2.24) is 0 Å². The van der Waals surface area contributed by atoms with Crippen LogP contribution in [0.4, 0.5) is 0 Å². The van der Waals surface area contributed by atoms with E-state index >= 15 is 0 Å². The maximum Gasteiger partial charge on any atom is 0.119 e. The van der Waals surface area contributed by atoms with Gasteiger partial charge in [0, 0.05) is 24.9 Å². The Morgan fingerprint density at radius 2 is 1.00 bits per heavy atom. The van der Waals surface area contributed by atoms with E-state index < -0.39 is 0 Å². The van der Waals surface area contributed by atoms with Crippen LogP contribution in [0.3, 0.4) is 0 Å². The van der Waals surface area contributed by atoms with Gasteiger partial charge in [-0.2, -0.15) is 0 Å². The number of alkyl halides is 3. The molecule has 2 aromatic carbocycles. The summed E-state index contributed by atoms with van der Waals surface area (Å²) in [7, 11) is 0. The smallest absolute Gasteiger partial charge is 0.119 e. The summed E-state index contributed by atoms with van der Waals surface area (Å²) in [5, 5.41) is 12.1. The molecule has 0 amide bonds. The third-order valence-corrected chi connectivity index (χ3v) is 6.19. The molecule has 1 N–H and O–H groups in total. The summed E-state index contributed by atoms with van der Waals surface area (Å²) >= 11 is 16.8. The van der Waals surface area contributed by atoms with E-state index in [1.54, 1.807) is 24.3 Å². The molecule has 0 saturated carbocycles. The number of rotatable bonds is 10. The number of aromatic hydroxyl groups is 1. The van der Waals surface area contributed by atoms with Crippen LogP contribution in [0.5, 0.6) is 11.5 Å². The molecule has 2 nitrogen and oxygen atoms in total. The van der Waals surface area contributed by atoms with Crippen molar-refractivity contribution in [3.05, 3.63) is 57.5 Å². The third-order valence-electron chi connectivity index (χ3n) is 3.45. The molecule has 2 aromatic rings. The minimum atomic E-state index is 0.299. The van der Waals surface area contributed by atoms with Gasteiger partial charge in [-0.25, -0.2) is 0 Å². The van der Waals surface area contributed by atoms with Gasteiger partial charge in [0.2, 0.25) is 0 Å². The minimum absolute atomic E-state index is 0.299. The fourth-order valence-electron chi connectivity index (χ4n) is 1.90. The van der Waals surface area contributed by atoms with Crippen LogP contribution in [-0.4, -0.2) is 27.7 Å². The molecule has 0 unspecified atom stereocenters. The molecule has 0 aliphatic heterocycles. The number of benzene rings is 2. The van der Waals surface area contributed by atoms with E-state index in [9.17, 15) is 0 Å². The summed E-state index contributed by atoms with van der Waals surface area (Å²) in [6.07, 6.45) is 7.54. The molecule has 0 aliphatic rings. The van der Waals surface area contributed by atoms with Gasteiger partial charge in [-0.1, -0.05) is 86.1 Å². The quantitative estimate of drug-likeness (QED) is 0.196. The second kappa shape index (κ2) is 21.7. The first-order valence-electron chi connectivity index (χ1n) is 9.54.